The first-order valence-corrected chi connectivity index (χ1v) is 6.77. The van der Waals surface area contributed by atoms with Crippen molar-refractivity contribution in [2.45, 2.75) is 18.9 Å². The first-order valence-electron chi connectivity index (χ1n) is 6.40. The van der Waals surface area contributed by atoms with Crippen LogP contribution in [0, 0.1) is 15.9 Å². The van der Waals surface area contributed by atoms with Crippen LogP contribution >= 0.6 is 11.6 Å². The largest absolute Gasteiger partial charge is 0.327 e. The highest BCUT2D eigenvalue weighted by atomic mass is 35.5. The van der Waals surface area contributed by atoms with Crippen molar-refractivity contribution in [2.75, 3.05) is 0 Å². The van der Waals surface area contributed by atoms with Crippen molar-refractivity contribution in [2.24, 2.45) is 5.73 Å². The van der Waals surface area contributed by atoms with E-state index in [4.69, 9.17) is 17.3 Å². The van der Waals surface area contributed by atoms with Gasteiger partial charge < -0.3 is 5.73 Å². The minimum Gasteiger partial charge on any atom is -0.327 e. The summed E-state index contributed by atoms with van der Waals surface area (Å²) in [5, 5.41) is 11.3. The fourth-order valence-electron chi connectivity index (χ4n) is 2.17. The molecular formula is C15H14ClFN2O2. The Labute approximate surface area is 126 Å². The summed E-state index contributed by atoms with van der Waals surface area (Å²) < 4.78 is 14.0. The molecule has 0 aliphatic heterocycles. The Bertz CT molecular complexity index is 664. The lowest BCUT2D eigenvalue weighted by Crippen LogP contribution is -2.26. The number of benzene rings is 2. The Morgan fingerprint density at radius 3 is 2.43 bits per heavy atom. The summed E-state index contributed by atoms with van der Waals surface area (Å²) in [5.41, 5.74) is 6.59. The van der Waals surface area contributed by atoms with E-state index in [1.807, 2.05) is 18.2 Å². The Kier molecular flexibility index (Phi) is 4.88. The van der Waals surface area contributed by atoms with Gasteiger partial charge in [0.1, 0.15) is 0 Å². The first-order chi connectivity index (χ1) is 9.99. The van der Waals surface area contributed by atoms with Crippen LogP contribution in [0.25, 0.3) is 0 Å². The fraction of sp³-hybridized carbons (Fsp3) is 0.200. The Morgan fingerprint density at radius 1 is 1.14 bits per heavy atom. The van der Waals surface area contributed by atoms with Crippen LogP contribution in [0.2, 0.25) is 5.02 Å². The quantitative estimate of drug-likeness (QED) is 0.679. The number of nitro benzene ring substituents is 1. The fourth-order valence-corrected chi connectivity index (χ4v) is 2.38. The monoisotopic (exact) mass is 308 g/mol. The first kappa shape index (κ1) is 15.4. The van der Waals surface area contributed by atoms with Crippen LogP contribution in [-0.2, 0) is 12.8 Å². The third-order valence-corrected chi connectivity index (χ3v) is 3.55. The molecule has 2 aromatic rings. The summed E-state index contributed by atoms with van der Waals surface area (Å²) >= 11 is 6.05. The van der Waals surface area contributed by atoms with Gasteiger partial charge in [-0.15, -0.1) is 0 Å². The number of hydrogen-bond donors (Lipinski definition) is 1. The third kappa shape index (κ3) is 3.77. The van der Waals surface area contributed by atoms with Crippen molar-refractivity contribution in [3.8, 4) is 0 Å². The van der Waals surface area contributed by atoms with Gasteiger partial charge in [0.25, 0.3) is 0 Å². The summed E-state index contributed by atoms with van der Waals surface area (Å²) in [6.07, 6.45) is 0.681. The lowest BCUT2D eigenvalue weighted by molar-refractivity contribution is -0.387. The van der Waals surface area contributed by atoms with Gasteiger partial charge in [-0.2, -0.15) is 4.39 Å². The second-order valence-corrected chi connectivity index (χ2v) is 5.17. The van der Waals surface area contributed by atoms with Gasteiger partial charge in [0, 0.05) is 17.1 Å². The molecule has 1 unspecified atom stereocenters. The van der Waals surface area contributed by atoms with E-state index < -0.39 is 16.4 Å². The van der Waals surface area contributed by atoms with E-state index in [1.165, 1.54) is 12.1 Å². The maximum Gasteiger partial charge on any atom is 0.305 e. The molecule has 0 aromatic heterocycles. The van der Waals surface area contributed by atoms with Crippen LogP contribution in [0.3, 0.4) is 0 Å². The number of nitro groups is 1. The minimum absolute atomic E-state index is 0.207. The summed E-state index contributed by atoms with van der Waals surface area (Å²) in [7, 11) is 0. The smallest absolute Gasteiger partial charge is 0.305 e. The molecule has 2 rings (SSSR count). The molecule has 0 radical (unpaired) electrons. The van der Waals surface area contributed by atoms with Crippen molar-refractivity contribution in [1.29, 1.82) is 0 Å². The van der Waals surface area contributed by atoms with Crippen LogP contribution < -0.4 is 5.73 Å². The maximum atomic E-state index is 14.0. The molecule has 2 aromatic carbocycles. The van der Waals surface area contributed by atoms with Crippen molar-refractivity contribution in [3.05, 3.63) is 74.5 Å². The van der Waals surface area contributed by atoms with Crippen molar-refractivity contribution in [1.82, 2.24) is 0 Å². The van der Waals surface area contributed by atoms with E-state index >= 15 is 0 Å². The summed E-state index contributed by atoms with van der Waals surface area (Å²) in [6.45, 7) is 0. The predicted molar refractivity (Wildman–Crippen MR) is 79.9 cm³/mol. The van der Waals surface area contributed by atoms with E-state index in [9.17, 15) is 14.5 Å². The second kappa shape index (κ2) is 6.65. The lowest BCUT2D eigenvalue weighted by Gasteiger charge is -2.13. The standard InChI is InChI=1S/C15H14ClFN2O2/c16-13-6-2-1-4-10(13)8-12(18)9-11-5-3-7-14(15(11)17)19(20)21/h1-7,12H,8-9,18H2. The van der Waals surface area contributed by atoms with Gasteiger partial charge in [0.2, 0.25) is 5.82 Å². The van der Waals surface area contributed by atoms with Crippen LogP contribution in [0.15, 0.2) is 42.5 Å². The van der Waals surface area contributed by atoms with Crippen LogP contribution in [0.5, 0.6) is 0 Å². The molecule has 6 heteroatoms. The maximum absolute atomic E-state index is 14.0. The lowest BCUT2D eigenvalue weighted by atomic mass is 9.99. The summed E-state index contributed by atoms with van der Waals surface area (Å²) in [5.74, 6) is -0.822. The minimum atomic E-state index is -0.822. The molecular weight excluding hydrogens is 295 g/mol. The number of rotatable bonds is 5. The van der Waals surface area contributed by atoms with Crippen LogP contribution in [0.1, 0.15) is 11.1 Å². The highest BCUT2D eigenvalue weighted by molar-refractivity contribution is 6.31. The molecule has 0 fully saturated rings. The van der Waals surface area contributed by atoms with Crippen molar-refractivity contribution >= 4 is 17.3 Å². The van der Waals surface area contributed by atoms with Gasteiger partial charge in [-0.3, -0.25) is 10.1 Å². The molecule has 2 N–H and O–H groups in total. The molecule has 0 aliphatic carbocycles. The molecule has 0 spiro atoms. The molecule has 1 atom stereocenters. The molecule has 0 saturated carbocycles. The summed E-state index contributed by atoms with van der Waals surface area (Å²) in [6, 6.07) is 11.0. The molecule has 0 heterocycles. The van der Waals surface area contributed by atoms with E-state index in [0.29, 0.717) is 11.4 Å². The normalized spacial score (nSPS) is 12.1. The number of hydrogen-bond acceptors (Lipinski definition) is 3. The van der Waals surface area contributed by atoms with Crippen LogP contribution in [0.4, 0.5) is 10.1 Å². The number of nitrogens with two attached hydrogens (primary N) is 1. The molecule has 0 aliphatic rings. The number of halogens is 2. The van der Waals surface area contributed by atoms with Gasteiger partial charge >= 0.3 is 5.69 Å². The molecule has 4 nitrogen and oxygen atoms in total. The van der Waals surface area contributed by atoms with Crippen molar-refractivity contribution in [3.63, 3.8) is 0 Å². The molecule has 0 bridgehead atoms. The Hall–Kier alpha value is -1.98. The zero-order valence-electron chi connectivity index (χ0n) is 11.1. The van der Waals surface area contributed by atoms with Crippen molar-refractivity contribution < 1.29 is 9.31 Å². The van der Waals surface area contributed by atoms with Crippen LogP contribution in [-0.4, -0.2) is 11.0 Å². The highest BCUT2D eigenvalue weighted by Gasteiger charge is 2.19. The second-order valence-electron chi connectivity index (χ2n) is 4.77. The SMILES string of the molecule is NC(Cc1ccccc1Cl)Cc1cccc([N+](=O)[O-])c1F. The highest BCUT2D eigenvalue weighted by Crippen LogP contribution is 2.22. The molecule has 110 valence electrons. The molecule has 21 heavy (non-hydrogen) atoms. The Morgan fingerprint density at radius 2 is 1.76 bits per heavy atom. The molecule has 0 saturated heterocycles. The molecule has 0 amide bonds. The average Bonchev–Trinajstić information content (AvgIpc) is 2.43. The predicted octanol–water partition coefficient (Wildman–Crippen LogP) is 3.50. The topological polar surface area (TPSA) is 69.2 Å². The zero-order chi connectivity index (χ0) is 15.4. The van der Waals surface area contributed by atoms with Gasteiger partial charge in [-0.1, -0.05) is 41.9 Å². The third-order valence-electron chi connectivity index (χ3n) is 3.18. The van der Waals surface area contributed by atoms with Gasteiger partial charge in [0.15, 0.2) is 0 Å². The number of nitrogens with zero attached hydrogens (tertiary/aromatic N) is 1. The van der Waals surface area contributed by atoms with Gasteiger partial charge in [-0.05, 0) is 30.0 Å². The Balaban J connectivity index is 2.13. The van der Waals surface area contributed by atoms with E-state index in [-0.39, 0.29) is 18.0 Å². The van der Waals surface area contributed by atoms with E-state index in [2.05, 4.69) is 0 Å². The zero-order valence-corrected chi connectivity index (χ0v) is 11.9. The summed E-state index contributed by atoms with van der Waals surface area (Å²) in [4.78, 5) is 9.97. The van der Waals surface area contributed by atoms with Gasteiger partial charge in [-0.25, -0.2) is 0 Å². The van der Waals surface area contributed by atoms with E-state index in [0.717, 1.165) is 11.6 Å². The van der Waals surface area contributed by atoms with E-state index in [1.54, 1.807) is 6.07 Å². The van der Waals surface area contributed by atoms with Gasteiger partial charge in [0.05, 0.1) is 4.92 Å². The average molecular weight is 309 g/mol.